The number of amides is 1. The second-order valence-corrected chi connectivity index (χ2v) is 6.98. The fourth-order valence-electron chi connectivity index (χ4n) is 3.16. The van der Waals surface area contributed by atoms with Crippen molar-refractivity contribution in [3.8, 4) is 6.07 Å². The maximum absolute atomic E-state index is 12.7. The number of nitrogens with zero attached hydrogens (tertiary/aromatic N) is 4. The van der Waals surface area contributed by atoms with Crippen LogP contribution in [-0.2, 0) is 16.0 Å². The number of carbonyl (C=O) groups is 1. The third-order valence-electron chi connectivity index (χ3n) is 4.73. The standard InChI is InChI=1S/C19H20N4O3/c1-12-10-23(17(24)8-13-2-4-14(9-20)5-3-13)11-16(25-12)19-21-18(22-26-19)15-6-7-15/h2-5,12,15-16H,6-8,10-11H2,1H3/t12-,16-/m1/s1. The van der Waals surface area contributed by atoms with Crippen LogP contribution in [0.2, 0.25) is 0 Å². The Labute approximate surface area is 151 Å². The van der Waals surface area contributed by atoms with Crippen molar-refractivity contribution >= 4 is 5.91 Å². The first-order valence-corrected chi connectivity index (χ1v) is 8.88. The van der Waals surface area contributed by atoms with Crippen LogP contribution in [0.4, 0.5) is 0 Å². The average Bonchev–Trinajstić information content (AvgIpc) is 3.38. The second kappa shape index (κ2) is 6.89. The fraction of sp³-hybridized carbons (Fsp3) is 0.474. The Morgan fingerprint density at radius 3 is 2.77 bits per heavy atom. The molecular weight excluding hydrogens is 332 g/mol. The average molecular weight is 352 g/mol. The van der Waals surface area contributed by atoms with Crippen molar-refractivity contribution in [3.63, 3.8) is 0 Å². The van der Waals surface area contributed by atoms with E-state index in [1.165, 1.54) is 0 Å². The summed E-state index contributed by atoms with van der Waals surface area (Å²) in [6.07, 6.45) is 2.02. The highest BCUT2D eigenvalue weighted by atomic mass is 16.5. The van der Waals surface area contributed by atoms with Crippen LogP contribution in [0, 0.1) is 11.3 Å². The molecule has 2 atom stereocenters. The molecule has 2 fully saturated rings. The lowest BCUT2D eigenvalue weighted by Crippen LogP contribution is -2.46. The van der Waals surface area contributed by atoms with Gasteiger partial charge in [-0.3, -0.25) is 4.79 Å². The molecule has 0 unspecified atom stereocenters. The van der Waals surface area contributed by atoms with E-state index in [1.54, 1.807) is 17.0 Å². The molecule has 0 bridgehead atoms. The van der Waals surface area contributed by atoms with Gasteiger partial charge in [-0.1, -0.05) is 17.3 Å². The second-order valence-electron chi connectivity index (χ2n) is 6.98. The van der Waals surface area contributed by atoms with Crippen molar-refractivity contribution in [1.29, 1.82) is 5.26 Å². The zero-order valence-electron chi connectivity index (χ0n) is 14.6. The molecule has 0 N–H and O–H groups in total. The van der Waals surface area contributed by atoms with Crippen molar-refractivity contribution in [2.75, 3.05) is 13.1 Å². The molecule has 1 aromatic carbocycles. The fourth-order valence-corrected chi connectivity index (χ4v) is 3.16. The lowest BCUT2D eigenvalue weighted by Gasteiger charge is -2.35. The van der Waals surface area contributed by atoms with Crippen molar-refractivity contribution < 1.29 is 14.1 Å². The molecule has 26 heavy (non-hydrogen) atoms. The number of ether oxygens (including phenoxy) is 1. The van der Waals surface area contributed by atoms with Gasteiger partial charge in [0.05, 0.1) is 30.7 Å². The number of hydrogen-bond acceptors (Lipinski definition) is 6. The molecule has 7 heteroatoms. The van der Waals surface area contributed by atoms with E-state index in [-0.39, 0.29) is 18.1 Å². The summed E-state index contributed by atoms with van der Waals surface area (Å²) in [6, 6.07) is 9.17. The van der Waals surface area contributed by atoms with Crippen molar-refractivity contribution in [2.45, 2.75) is 44.3 Å². The van der Waals surface area contributed by atoms with Crippen LogP contribution >= 0.6 is 0 Å². The minimum absolute atomic E-state index is 0.0248. The third-order valence-corrected chi connectivity index (χ3v) is 4.73. The van der Waals surface area contributed by atoms with E-state index in [2.05, 4.69) is 16.2 Å². The van der Waals surface area contributed by atoms with E-state index >= 15 is 0 Å². The summed E-state index contributed by atoms with van der Waals surface area (Å²) in [5.41, 5.74) is 1.47. The normalized spacial score (nSPS) is 22.8. The Kier molecular flexibility index (Phi) is 4.43. The highest BCUT2D eigenvalue weighted by Crippen LogP contribution is 2.39. The van der Waals surface area contributed by atoms with E-state index in [4.69, 9.17) is 14.5 Å². The third kappa shape index (κ3) is 3.60. The minimum Gasteiger partial charge on any atom is -0.362 e. The summed E-state index contributed by atoms with van der Waals surface area (Å²) in [7, 11) is 0. The van der Waals surface area contributed by atoms with Crippen LogP contribution < -0.4 is 0 Å². The Hall–Kier alpha value is -2.72. The zero-order valence-corrected chi connectivity index (χ0v) is 14.6. The number of nitriles is 1. The van der Waals surface area contributed by atoms with Crippen LogP contribution in [0.25, 0.3) is 0 Å². The van der Waals surface area contributed by atoms with Gasteiger partial charge in [0.2, 0.25) is 5.91 Å². The van der Waals surface area contributed by atoms with E-state index in [0.717, 1.165) is 24.2 Å². The van der Waals surface area contributed by atoms with Gasteiger partial charge in [0, 0.05) is 12.5 Å². The first-order valence-electron chi connectivity index (χ1n) is 8.88. The smallest absolute Gasteiger partial charge is 0.257 e. The molecule has 4 rings (SSSR count). The number of aromatic nitrogens is 2. The molecular formula is C19H20N4O3. The zero-order chi connectivity index (χ0) is 18.1. The molecule has 0 spiro atoms. The van der Waals surface area contributed by atoms with E-state index in [9.17, 15) is 4.79 Å². The first kappa shape index (κ1) is 16.7. The number of benzene rings is 1. The predicted octanol–water partition coefficient (Wildman–Crippen LogP) is 2.35. The minimum atomic E-state index is -0.385. The topological polar surface area (TPSA) is 92.2 Å². The monoisotopic (exact) mass is 352 g/mol. The largest absolute Gasteiger partial charge is 0.362 e. The van der Waals surface area contributed by atoms with Crippen LogP contribution in [-0.4, -0.2) is 40.1 Å². The maximum atomic E-state index is 12.7. The Balaban J connectivity index is 1.43. The highest BCUT2D eigenvalue weighted by molar-refractivity contribution is 5.79. The van der Waals surface area contributed by atoms with Gasteiger partial charge in [-0.2, -0.15) is 10.2 Å². The predicted molar refractivity (Wildman–Crippen MR) is 91.0 cm³/mol. The Morgan fingerprint density at radius 2 is 2.08 bits per heavy atom. The van der Waals surface area contributed by atoms with Gasteiger partial charge in [0.15, 0.2) is 11.9 Å². The van der Waals surface area contributed by atoms with E-state index in [1.807, 2.05) is 19.1 Å². The van der Waals surface area contributed by atoms with E-state index < -0.39 is 0 Å². The molecule has 134 valence electrons. The summed E-state index contributed by atoms with van der Waals surface area (Å²) in [5, 5.41) is 12.9. The molecule has 1 aliphatic heterocycles. The number of hydrogen-bond donors (Lipinski definition) is 0. The molecule has 2 aliphatic rings. The molecule has 2 heterocycles. The molecule has 1 saturated carbocycles. The quantitative estimate of drug-likeness (QED) is 0.839. The molecule has 0 radical (unpaired) electrons. The summed E-state index contributed by atoms with van der Waals surface area (Å²) in [4.78, 5) is 19.0. The number of morpholine rings is 1. The molecule has 2 aromatic rings. The molecule has 1 aromatic heterocycles. The van der Waals surface area contributed by atoms with Crippen LogP contribution in [0.3, 0.4) is 0 Å². The lowest BCUT2D eigenvalue weighted by molar-refractivity contribution is -0.146. The summed E-state index contributed by atoms with van der Waals surface area (Å²) < 4.78 is 11.3. The SMILES string of the molecule is C[C@@H]1CN(C(=O)Cc2ccc(C#N)cc2)C[C@H](c2nc(C3CC3)no2)O1. The highest BCUT2D eigenvalue weighted by Gasteiger charge is 2.35. The lowest BCUT2D eigenvalue weighted by atomic mass is 10.1. The molecule has 1 amide bonds. The van der Waals surface area contributed by atoms with Gasteiger partial charge in [-0.05, 0) is 37.5 Å². The van der Waals surface area contributed by atoms with Gasteiger partial charge in [0.25, 0.3) is 5.89 Å². The Morgan fingerprint density at radius 1 is 1.31 bits per heavy atom. The molecule has 7 nitrogen and oxygen atoms in total. The van der Waals surface area contributed by atoms with E-state index in [0.29, 0.717) is 36.9 Å². The Bertz CT molecular complexity index is 835. The maximum Gasteiger partial charge on any atom is 0.257 e. The van der Waals surface area contributed by atoms with Gasteiger partial charge in [0.1, 0.15) is 0 Å². The number of carbonyl (C=O) groups excluding carboxylic acids is 1. The van der Waals surface area contributed by atoms with Crippen molar-refractivity contribution in [2.24, 2.45) is 0 Å². The van der Waals surface area contributed by atoms with Gasteiger partial charge in [-0.15, -0.1) is 0 Å². The van der Waals surface area contributed by atoms with Gasteiger partial charge in [-0.25, -0.2) is 0 Å². The van der Waals surface area contributed by atoms with Crippen molar-refractivity contribution in [3.05, 3.63) is 47.1 Å². The van der Waals surface area contributed by atoms with Gasteiger partial charge < -0.3 is 14.2 Å². The summed E-state index contributed by atoms with van der Waals surface area (Å²) in [5.74, 6) is 1.64. The van der Waals surface area contributed by atoms with Gasteiger partial charge >= 0.3 is 0 Å². The number of rotatable bonds is 4. The van der Waals surface area contributed by atoms with Crippen LogP contribution in [0.15, 0.2) is 28.8 Å². The van der Waals surface area contributed by atoms with Crippen LogP contribution in [0.1, 0.15) is 54.6 Å². The first-order chi connectivity index (χ1) is 12.6. The molecule has 1 saturated heterocycles. The van der Waals surface area contributed by atoms with Crippen molar-refractivity contribution in [1.82, 2.24) is 15.0 Å². The molecule has 1 aliphatic carbocycles. The summed E-state index contributed by atoms with van der Waals surface area (Å²) in [6.45, 7) is 2.88. The van der Waals surface area contributed by atoms with Crippen LogP contribution in [0.5, 0.6) is 0 Å². The summed E-state index contributed by atoms with van der Waals surface area (Å²) >= 11 is 0.